The van der Waals surface area contributed by atoms with Crippen LogP contribution in [0.15, 0.2) is 0 Å². The maximum absolute atomic E-state index is 13.2. The van der Waals surface area contributed by atoms with Crippen molar-refractivity contribution in [2.24, 2.45) is 5.41 Å². The van der Waals surface area contributed by atoms with E-state index in [2.05, 4.69) is 33.4 Å². The minimum absolute atomic E-state index is 0.0137. The van der Waals surface area contributed by atoms with Gasteiger partial charge in [-0.1, -0.05) is 104 Å². The summed E-state index contributed by atoms with van der Waals surface area (Å²) in [4.78, 5) is 13.2. The molecule has 0 rings (SSSR count). The van der Waals surface area contributed by atoms with Crippen molar-refractivity contribution in [1.29, 1.82) is 0 Å². The highest BCUT2D eigenvalue weighted by atomic mass is 32.1. The van der Waals surface area contributed by atoms with E-state index in [0.717, 1.165) is 38.5 Å². The van der Waals surface area contributed by atoms with E-state index in [4.69, 9.17) is 13.3 Å². The van der Waals surface area contributed by atoms with Crippen molar-refractivity contribution >= 4 is 26.5 Å². The summed E-state index contributed by atoms with van der Waals surface area (Å²) in [5.41, 5.74) is -0.583. The Morgan fingerprint density at radius 3 is 1.35 bits per heavy atom. The van der Waals surface area contributed by atoms with E-state index in [0.29, 0.717) is 19.8 Å². The van der Waals surface area contributed by atoms with E-state index in [1.807, 2.05) is 20.8 Å². The van der Waals surface area contributed by atoms with Gasteiger partial charge in [-0.15, -0.1) is 12.6 Å². The molecule has 0 N–H and O–H groups in total. The average Bonchev–Trinajstić information content (AvgIpc) is 2.80. The number of carbonyl (C=O) groups excluding carboxylic acids is 1. The molecule has 0 radical (unpaired) electrons. The lowest BCUT2D eigenvalue weighted by Gasteiger charge is -2.45. The van der Waals surface area contributed by atoms with Crippen molar-refractivity contribution in [3.05, 3.63) is 0 Å². The van der Waals surface area contributed by atoms with Crippen LogP contribution in [0, 0.1) is 5.41 Å². The van der Waals surface area contributed by atoms with Crippen LogP contribution in [0.1, 0.15) is 144 Å². The number of rotatable bonds is 25. The molecule has 0 spiro atoms. The van der Waals surface area contributed by atoms with E-state index in [1.54, 1.807) is 0 Å². The van der Waals surface area contributed by atoms with Gasteiger partial charge in [0.2, 0.25) is 0 Å². The number of thiol groups is 1. The van der Waals surface area contributed by atoms with E-state index < -0.39 is 14.2 Å². The minimum atomic E-state index is -3.06. The number of hydrogen-bond acceptors (Lipinski definition) is 4. The van der Waals surface area contributed by atoms with Crippen molar-refractivity contribution in [1.82, 2.24) is 0 Å². The fourth-order valence-electron chi connectivity index (χ4n) is 5.56. The van der Waals surface area contributed by atoms with E-state index in [9.17, 15) is 4.79 Å². The van der Waals surface area contributed by atoms with Gasteiger partial charge in [0.05, 0.1) is 0 Å². The lowest BCUT2D eigenvalue weighted by molar-refractivity contribution is -0.122. The van der Waals surface area contributed by atoms with Crippen LogP contribution in [-0.4, -0.2) is 33.7 Å². The van der Waals surface area contributed by atoms with Gasteiger partial charge in [-0.25, -0.2) is 0 Å². The second-order valence-corrected chi connectivity index (χ2v) is 12.9. The van der Waals surface area contributed by atoms with Crippen molar-refractivity contribution in [2.75, 3.05) is 19.8 Å². The van der Waals surface area contributed by atoms with E-state index >= 15 is 0 Å². The SMILES string of the molecule is CCCCCCCCCCCCCC(C(CCC)(CCC)C(=O)S)[Si](OCC)(OCC)OCC. The molecule has 0 aliphatic rings. The normalized spacial score (nSPS) is 13.4. The summed E-state index contributed by atoms with van der Waals surface area (Å²) in [5, 5.41) is -0.0137. The first-order valence-corrected chi connectivity index (χ1v) is 16.8. The molecule has 0 amide bonds. The molecule has 204 valence electrons. The Bertz CT molecular complexity index is 466. The van der Waals surface area contributed by atoms with Crippen LogP contribution in [0.5, 0.6) is 0 Å². The Morgan fingerprint density at radius 2 is 1.03 bits per heavy atom. The Labute approximate surface area is 219 Å². The van der Waals surface area contributed by atoms with Gasteiger partial charge in [-0.2, -0.15) is 0 Å². The van der Waals surface area contributed by atoms with Crippen LogP contribution < -0.4 is 0 Å². The van der Waals surface area contributed by atoms with Crippen LogP contribution in [-0.2, 0) is 18.1 Å². The van der Waals surface area contributed by atoms with Gasteiger partial charge in [0.15, 0.2) is 5.12 Å². The first-order valence-electron chi connectivity index (χ1n) is 14.6. The Kier molecular flexibility index (Phi) is 21.3. The fraction of sp³-hybridized carbons (Fsp3) is 0.964. The minimum Gasteiger partial charge on any atom is -0.374 e. The molecular formula is C28H58O4SSi. The zero-order chi connectivity index (χ0) is 25.7. The third kappa shape index (κ3) is 11.9. The predicted molar refractivity (Wildman–Crippen MR) is 152 cm³/mol. The third-order valence-electron chi connectivity index (χ3n) is 7.04. The molecule has 4 nitrogen and oxygen atoms in total. The van der Waals surface area contributed by atoms with Crippen LogP contribution in [0.4, 0.5) is 0 Å². The predicted octanol–water partition coefficient (Wildman–Crippen LogP) is 9.15. The maximum Gasteiger partial charge on any atom is 0.505 e. The van der Waals surface area contributed by atoms with Crippen LogP contribution in [0.2, 0.25) is 5.54 Å². The Morgan fingerprint density at radius 1 is 0.647 bits per heavy atom. The second-order valence-electron chi connectivity index (χ2n) is 9.74. The molecule has 0 aliphatic carbocycles. The molecule has 0 aromatic heterocycles. The molecule has 6 heteroatoms. The zero-order valence-electron chi connectivity index (χ0n) is 23.6. The summed E-state index contributed by atoms with van der Waals surface area (Å²) in [7, 11) is -3.06. The topological polar surface area (TPSA) is 44.8 Å². The smallest absolute Gasteiger partial charge is 0.374 e. The van der Waals surface area contributed by atoms with Gasteiger partial charge >= 0.3 is 8.80 Å². The van der Waals surface area contributed by atoms with Crippen molar-refractivity contribution in [2.45, 2.75) is 150 Å². The lowest BCUT2D eigenvalue weighted by atomic mass is 9.75. The zero-order valence-corrected chi connectivity index (χ0v) is 25.5. The molecule has 0 fully saturated rings. The quantitative estimate of drug-likeness (QED) is 0.0743. The largest absolute Gasteiger partial charge is 0.505 e. The Balaban J connectivity index is 5.34. The molecule has 0 aromatic rings. The standard InChI is InChI=1S/C28H58O4SSi/c1-7-13-14-15-16-17-18-19-20-21-22-23-26(28(24-8-2,25-9-3)27(29)33)34(30-10-4,31-11-5)32-12-6/h26H,7-25H2,1-6H3,(H,29,33). The van der Waals surface area contributed by atoms with E-state index in [1.165, 1.54) is 64.2 Å². The number of carbonyl (C=O) groups is 1. The summed E-state index contributed by atoms with van der Waals surface area (Å²) in [6, 6.07) is 0. The summed E-state index contributed by atoms with van der Waals surface area (Å²) in [6.45, 7) is 14.2. The Hall–Kier alpha value is 0.117. The highest BCUT2D eigenvalue weighted by Crippen LogP contribution is 2.52. The van der Waals surface area contributed by atoms with Gasteiger partial charge in [0.25, 0.3) is 0 Å². The van der Waals surface area contributed by atoms with Gasteiger partial charge in [-0.3, -0.25) is 4.79 Å². The van der Waals surface area contributed by atoms with Crippen molar-refractivity contribution < 1.29 is 18.1 Å². The summed E-state index contributed by atoms with van der Waals surface area (Å²) >= 11 is 4.47. The summed E-state index contributed by atoms with van der Waals surface area (Å²) in [6.07, 6.45) is 18.8. The average molecular weight is 519 g/mol. The molecule has 1 atom stereocenters. The monoisotopic (exact) mass is 518 g/mol. The van der Waals surface area contributed by atoms with E-state index in [-0.39, 0.29) is 10.7 Å². The van der Waals surface area contributed by atoms with Gasteiger partial charge in [-0.05, 0) is 40.0 Å². The molecular weight excluding hydrogens is 460 g/mol. The highest BCUT2D eigenvalue weighted by molar-refractivity contribution is 7.96. The summed E-state index contributed by atoms with van der Waals surface area (Å²) in [5.74, 6) is 0. The molecule has 0 aromatic carbocycles. The second kappa shape index (κ2) is 21.2. The molecule has 0 saturated heterocycles. The summed E-state index contributed by atoms with van der Waals surface area (Å²) < 4.78 is 19.1. The molecule has 0 heterocycles. The lowest BCUT2D eigenvalue weighted by Crippen LogP contribution is -2.57. The van der Waals surface area contributed by atoms with Crippen molar-refractivity contribution in [3.63, 3.8) is 0 Å². The fourth-order valence-corrected chi connectivity index (χ4v) is 9.78. The third-order valence-corrected chi connectivity index (χ3v) is 11.3. The molecule has 1 unspecified atom stereocenters. The first-order chi connectivity index (χ1) is 16.4. The number of unbranched alkanes of at least 4 members (excludes halogenated alkanes) is 10. The number of hydrogen-bond donors (Lipinski definition) is 1. The molecule has 0 bridgehead atoms. The molecule has 0 saturated carbocycles. The maximum atomic E-state index is 13.2. The first kappa shape index (κ1) is 34.1. The van der Waals surface area contributed by atoms with Gasteiger partial charge in [0.1, 0.15) is 0 Å². The van der Waals surface area contributed by atoms with Crippen LogP contribution >= 0.6 is 12.6 Å². The van der Waals surface area contributed by atoms with Gasteiger partial charge in [0, 0.05) is 30.8 Å². The highest BCUT2D eigenvalue weighted by Gasteiger charge is 2.59. The van der Waals surface area contributed by atoms with Crippen LogP contribution in [0.3, 0.4) is 0 Å². The van der Waals surface area contributed by atoms with Crippen molar-refractivity contribution in [3.8, 4) is 0 Å². The van der Waals surface area contributed by atoms with Crippen LogP contribution in [0.25, 0.3) is 0 Å². The molecule has 0 aliphatic heterocycles. The molecule has 34 heavy (non-hydrogen) atoms. The van der Waals surface area contributed by atoms with Gasteiger partial charge < -0.3 is 13.3 Å².